The molecule has 3 aromatic rings. The first-order chi connectivity index (χ1) is 30.3. The standard InChI is InChI=1S/C48H51NO15/c1-26-32(62-44(57)37(53)36(29-16-10-7-11-17-29)49-42(55)30-18-12-8-13-19-30)23-48(58)41(63-43(56)31-20-14-9-15-21-31)39-46(6,40(54)38(61-27(2)51)35(26)45(48,4)5)33(60-25-50)22-34-47(39,24-59-34)64-28(3)52/h7-21,25,32-34,36-39,41,53,58H,22-24H2,1-6H3,(H,49,55)/t32-,33-,34+,36-,37+,38+,39-,41-,46+,47-,48+/m0/s1. The Hall–Kier alpha value is -6.23. The number of esters is 4. The Kier molecular flexibility index (Phi) is 12.4. The normalized spacial score (nSPS) is 31.1. The Morgan fingerprint density at radius 2 is 1.44 bits per heavy atom. The van der Waals surface area contributed by atoms with Crippen molar-refractivity contribution in [1.82, 2.24) is 5.32 Å². The SMILES string of the molecule is CC(=O)O[C@H]1C(=O)[C@]2(C)[C@@H](OC=O)C[C@H]3OC[C@@]3(OC(C)=O)[C@H]2[C@H](OC(=O)c2ccccc2)[C@]2(O)C[C@H](OC(=O)[C@H](O)[C@@H](NC(=O)c3ccccc3)c3ccccc3)C(C)=C1C2(C)C. The first-order valence-corrected chi connectivity index (χ1v) is 20.9. The summed E-state index contributed by atoms with van der Waals surface area (Å²) >= 11 is 0. The molecule has 1 heterocycles. The van der Waals surface area contributed by atoms with Crippen molar-refractivity contribution in [1.29, 1.82) is 0 Å². The van der Waals surface area contributed by atoms with E-state index in [0.29, 0.717) is 5.56 Å². The van der Waals surface area contributed by atoms with Crippen LogP contribution in [-0.4, -0.2) is 107 Å². The number of hydrogen-bond donors (Lipinski definition) is 3. The van der Waals surface area contributed by atoms with Gasteiger partial charge < -0.3 is 44.0 Å². The minimum absolute atomic E-state index is 0.0236. The van der Waals surface area contributed by atoms with Crippen molar-refractivity contribution in [2.24, 2.45) is 16.7 Å². The number of nitrogens with one attached hydrogen (secondary N) is 1. The van der Waals surface area contributed by atoms with Gasteiger partial charge in [0.1, 0.15) is 30.0 Å². The third-order valence-corrected chi connectivity index (χ3v) is 13.7. The number of amides is 1. The maximum Gasteiger partial charge on any atom is 0.338 e. The summed E-state index contributed by atoms with van der Waals surface area (Å²) in [6.07, 6.45) is -10.5. The molecular formula is C48H51NO15. The molecule has 3 fully saturated rings. The van der Waals surface area contributed by atoms with Gasteiger partial charge in [-0.3, -0.25) is 24.0 Å². The average molecular weight is 882 g/mol. The molecule has 2 saturated carbocycles. The molecule has 4 aliphatic rings. The van der Waals surface area contributed by atoms with E-state index in [0.717, 1.165) is 13.8 Å². The van der Waals surface area contributed by atoms with E-state index < -0.39 is 113 Å². The van der Waals surface area contributed by atoms with Crippen LogP contribution in [0, 0.1) is 16.7 Å². The highest BCUT2D eigenvalue weighted by Crippen LogP contribution is 2.65. The van der Waals surface area contributed by atoms with Gasteiger partial charge in [-0.1, -0.05) is 80.6 Å². The molecular weight excluding hydrogens is 831 g/mol. The summed E-state index contributed by atoms with van der Waals surface area (Å²) in [6.45, 7) is 8.05. The van der Waals surface area contributed by atoms with Crippen LogP contribution in [0.5, 0.6) is 0 Å². The summed E-state index contributed by atoms with van der Waals surface area (Å²) in [5, 5.41) is 28.3. The fraction of sp³-hybridized carbons (Fsp3) is 0.438. The number of carbonyl (C=O) groups excluding carboxylic acids is 7. The zero-order chi connectivity index (χ0) is 46.4. The Bertz CT molecular complexity index is 2350. The molecule has 338 valence electrons. The number of hydrogen-bond acceptors (Lipinski definition) is 15. The number of carbonyl (C=O) groups is 7. The summed E-state index contributed by atoms with van der Waals surface area (Å²) in [4.78, 5) is 96.3. The predicted molar refractivity (Wildman–Crippen MR) is 223 cm³/mol. The molecule has 0 spiro atoms. The van der Waals surface area contributed by atoms with Crippen LogP contribution in [0.15, 0.2) is 102 Å². The average Bonchev–Trinajstić information content (AvgIpc) is 3.26. The van der Waals surface area contributed by atoms with Gasteiger partial charge in [0, 0.05) is 37.7 Å². The molecule has 1 saturated heterocycles. The number of aliphatic hydroxyl groups is 2. The number of ketones is 1. The van der Waals surface area contributed by atoms with Crippen molar-refractivity contribution >= 4 is 42.0 Å². The van der Waals surface area contributed by atoms with Gasteiger partial charge in [-0.25, -0.2) is 9.59 Å². The first-order valence-electron chi connectivity index (χ1n) is 20.9. The molecule has 1 amide bonds. The van der Waals surface area contributed by atoms with E-state index in [1.54, 1.807) is 92.7 Å². The molecule has 1 aliphatic heterocycles. The predicted octanol–water partition coefficient (Wildman–Crippen LogP) is 3.92. The quantitative estimate of drug-likeness (QED) is 0.101. The molecule has 0 unspecified atom stereocenters. The molecule has 16 nitrogen and oxygen atoms in total. The highest BCUT2D eigenvalue weighted by atomic mass is 16.6. The maximum absolute atomic E-state index is 15.7. The van der Waals surface area contributed by atoms with E-state index in [4.69, 9.17) is 28.4 Å². The van der Waals surface area contributed by atoms with Gasteiger partial charge in [0.15, 0.2) is 23.6 Å². The van der Waals surface area contributed by atoms with Gasteiger partial charge in [0.25, 0.3) is 12.4 Å². The van der Waals surface area contributed by atoms with Crippen LogP contribution in [0.4, 0.5) is 0 Å². The van der Waals surface area contributed by atoms with Crippen LogP contribution < -0.4 is 5.32 Å². The highest BCUT2D eigenvalue weighted by molar-refractivity contribution is 5.96. The van der Waals surface area contributed by atoms with Gasteiger partial charge in [0.2, 0.25) is 0 Å². The van der Waals surface area contributed by atoms with Crippen LogP contribution >= 0.6 is 0 Å². The van der Waals surface area contributed by atoms with Crippen LogP contribution in [-0.2, 0) is 52.4 Å². The summed E-state index contributed by atoms with van der Waals surface area (Å²) in [5.41, 5.74) is -7.20. The fourth-order valence-electron chi connectivity index (χ4n) is 10.4. The molecule has 3 N–H and O–H groups in total. The lowest BCUT2D eigenvalue weighted by Crippen LogP contribution is -2.82. The van der Waals surface area contributed by atoms with Gasteiger partial charge in [-0.2, -0.15) is 0 Å². The van der Waals surface area contributed by atoms with Crippen LogP contribution in [0.3, 0.4) is 0 Å². The lowest BCUT2D eigenvalue weighted by atomic mass is 9.44. The number of aliphatic hydroxyl groups excluding tert-OH is 1. The molecule has 3 aromatic carbocycles. The van der Waals surface area contributed by atoms with E-state index in [9.17, 15) is 39.0 Å². The zero-order valence-corrected chi connectivity index (χ0v) is 36.2. The second kappa shape index (κ2) is 17.4. The van der Waals surface area contributed by atoms with Gasteiger partial charge >= 0.3 is 23.9 Å². The van der Waals surface area contributed by atoms with Crippen molar-refractivity contribution in [3.8, 4) is 0 Å². The second-order valence-electron chi connectivity index (χ2n) is 17.6. The number of Topliss-reactive ketones (excluding diaryl/α,β-unsaturated/α-hetero) is 1. The first kappa shape index (κ1) is 45.8. The largest absolute Gasteiger partial charge is 0.463 e. The topological polar surface area (TPSA) is 227 Å². The molecule has 64 heavy (non-hydrogen) atoms. The summed E-state index contributed by atoms with van der Waals surface area (Å²) in [7, 11) is 0. The van der Waals surface area contributed by atoms with E-state index >= 15 is 4.79 Å². The van der Waals surface area contributed by atoms with E-state index in [-0.39, 0.29) is 41.8 Å². The number of benzene rings is 3. The monoisotopic (exact) mass is 881 g/mol. The molecule has 7 rings (SSSR count). The van der Waals surface area contributed by atoms with E-state index in [1.807, 2.05) is 0 Å². The smallest absolute Gasteiger partial charge is 0.338 e. The number of fused-ring (bicyclic) bond motifs is 5. The second-order valence-corrected chi connectivity index (χ2v) is 17.6. The lowest BCUT2D eigenvalue weighted by molar-refractivity contribution is -0.345. The molecule has 0 aromatic heterocycles. The summed E-state index contributed by atoms with van der Waals surface area (Å²) in [6, 6.07) is 22.8. The Morgan fingerprint density at radius 1 is 0.844 bits per heavy atom. The maximum atomic E-state index is 15.7. The van der Waals surface area contributed by atoms with Crippen molar-refractivity contribution in [2.75, 3.05) is 6.61 Å². The summed E-state index contributed by atoms with van der Waals surface area (Å²) in [5.74, 6) is -6.96. The third-order valence-electron chi connectivity index (χ3n) is 13.7. The van der Waals surface area contributed by atoms with Crippen LogP contribution in [0.2, 0.25) is 0 Å². The Balaban J connectivity index is 1.41. The van der Waals surface area contributed by atoms with Crippen LogP contribution in [0.1, 0.15) is 86.7 Å². The molecule has 3 aliphatic carbocycles. The van der Waals surface area contributed by atoms with Crippen molar-refractivity contribution < 1.29 is 72.2 Å². The van der Waals surface area contributed by atoms with E-state index in [1.165, 1.54) is 26.0 Å². The van der Waals surface area contributed by atoms with E-state index in [2.05, 4.69) is 5.32 Å². The molecule has 2 bridgehead atoms. The van der Waals surface area contributed by atoms with Crippen LogP contribution in [0.25, 0.3) is 0 Å². The Morgan fingerprint density at radius 3 is 1.98 bits per heavy atom. The number of ether oxygens (including phenoxy) is 6. The van der Waals surface area contributed by atoms with Gasteiger partial charge in [-0.15, -0.1) is 0 Å². The molecule has 16 heteroatoms. The highest BCUT2D eigenvalue weighted by Gasteiger charge is 2.79. The Labute approximate surface area is 369 Å². The lowest BCUT2D eigenvalue weighted by Gasteiger charge is -2.67. The summed E-state index contributed by atoms with van der Waals surface area (Å²) < 4.78 is 36.1. The van der Waals surface area contributed by atoms with Crippen molar-refractivity contribution in [3.05, 3.63) is 119 Å². The fourth-order valence-corrected chi connectivity index (χ4v) is 10.4. The molecule has 11 atom stereocenters. The minimum atomic E-state index is -2.43. The number of rotatable bonds is 12. The van der Waals surface area contributed by atoms with Crippen molar-refractivity contribution in [2.45, 2.75) is 108 Å². The van der Waals surface area contributed by atoms with Gasteiger partial charge in [0.05, 0.1) is 29.5 Å². The third kappa shape index (κ3) is 7.66. The minimum Gasteiger partial charge on any atom is -0.463 e. The zero-order valence-electron chi connectivity index (χ0n) is 36.2. The molecule has 0 radical (unpaired) electrons. The van der Waals surface area contributed by atoms with Gasteiger partial charge in [-0.05, 0) is 54.8 Å². The van der Waals surface area contributed by atoms with Crippen molar-refractivity contribution in [3.63, 3.8) is 0 Å².